The Morgan fingerprint density at radius 2 is 2.05 bits per heavy atom. The molecule has 5 nitrogen and oxygen atoms in total. The van der Waals surface area contributed by atoms with Crippen molar-refractivity contribution in [2.75, 3.05) is 7.11 Å². The van der Waals surface area contributed by atoms with E-state index in [0.717, 1.165) is 16.9 Å². The molecule has 0 spiro atoms. The van der Waals surface area contributed by atoms with Crippen molar-refractivity contribution in [3.8, 4) is 11.6 Å². The predicted molar refractivity (Wildman–Crippen MR) is 82.5 cm³/mol. The van der Waals surface area contributed by atoms with E-state index in [0.29, 0.717) is 12.1 Å². The minimum absolute atomic E-state index is 0.0331. The van der Waals surface area contributed by atoms with Crippen molar-refractivity contribution >= 4 is 11.8 Å². The molecule has 2 aromatic rings. The number of hydrogen-bond donors (Lipinski definition) is 3. The van der Waals surface area contributed by atoms with Crippen molar-refractivity contribution in [2.45, 2.75) is 6.54 Å². The van der Waals surface area contributed by atoms with E-state index in [-0.39, 0.29) is 5.88 Å². The second-order valence-corrected chi connectivity index (χ2v) is 4.38. The number of methoxy groups -OCH3 is 1. The third kappa shape index (κ3) is 4.07. The Bertz CT molecular complexity index is 619. The summed E-state index contributed by atoms with van der Waals surface area (Å²) in [6.07, 6.45) is 4.53. The van der Waals surface area contributed by atoms with Crippen LogP contribution in [0.4, 0.5) is 0 Å². The van der Waals surface area contributed by atoms with Crippen LogP contribution in [0, 0.1) is 5.41 Å². The van der Waals surface area contributed by atoms with Gasteiger partial charge in [-0.15, -0.1) is 0 Å². The first kappa shape index (κ1) is 14.6. The van der Waals surface area contributed by atoms with Gasteiger partial charge in [-0.2, -0.15) is 0 Å². The number of aromatic hydroxyl groups is 1. The third-order valence-corrected chi connectivity index (χ3v) is 2.96. The molecular formula is C16H17N3O2. The molecular weight excluding hydrogens is 266 g/mol. The fourth-order valence-electron chi connectivity index (χ4n) is 1.79. The Kier molecular flexibility index (Phi) is 4.93. The summed E-state index contributed by atoms with van der Waals surface area (Å²) in [5.41, 5.74) is 2.57. The van der Waals surface area contributed by atoms with Crippen LogP contribution in [-0.4, -0.2) is 23.4 Å². The lowest BCUT2D eigenvalue weighted by atomic mass is 10.1. The average Bonchev–Trinajstić information content (AvgIpc) is 2.53. The summed E-state index contributed by atoms with van der Waals surface area (Å²) in [7, 11) is 1.64. The summed E-state index contributed by atoms with van der Waals surface area (Å²) in [4.78, 5) is 3.80. The van der Waals surface area contributed by atoms with Gasteiger partial charge in [0.2, 0.25) is 5.88 Å². The Morgan fingerprint density at radius 1 is 1.29 bits per heavy atom. The van der Waals surface area contributed by atoms with Gasteiger partial charge >= 0.3 is 0 Å². The summed E-state index contributed by atoms with van der Waals surface area (Å²) in [6.45, 7) is 0.646. The number of hydrogen-bond acceptors (Lipinski definition) is 5. The molecule has 0 radical (unpaired) electrons. The van der Waals surface area contributed by atoms with E-state index >= 15 is 0 Å². The van der Waals surface area contributed by atoms with Crippen molar-refractivity contribution in [2.24, 2.45) is 0 Å². The maximum Gasteiger partial charge on any atom is 0.210 e. The third-order valence-electron chi connectivity index (χ3n) is 2.96. The first-order valence-electron chi connectivity index (χ1n) is 6.45. The lowest BCUT2D eigenvalue weighted by molar-refractivity contribution is 0.414. The standard InChI is InChI=1S/C16H17N3O2/c1-21-15-5-2-12(3-6-15)9-18-10-14(8-17)13-4-7-16(20)19-11-13/h2-8,10-11,17-18H,9H2,1H3,(H,19,20)/b14-10+,17-8?. The summed E-state index contributed by atoms with van der Waals surface area (Å²) >= 11 is 0. The van der Waals surface area contributed by atoms with Crippen LogP contribution in [0.25, 0.3) is 5.57 Å². The molecule has 0 aliphatic rings. The first-order chi connectivity index (χ1) is 10.2. The number of rotatable bonds is 6. The second kappa shape index (κ2) is 7.09. The molecule has 0 fully saturated rings. The topological polar surface area (TPSA) is 78.2 Å². The van der Waals surface area contributed by atoms with Crippen molar-refractivity contribution in [1.82, 2.24) is 10.3 Å². The molecule has 108 valence electrons. The zero-order valence-corrected chi connectivity index (χ0v) is 11.7. The van der Waals surface area contributed by atoms with Crippen molar-refractivity contribution < 1.29 is 9.84 Å². The zero-order valence-electron chi connectivity index (χ0n) is 11.7. The number of nitrogens with one attached hydrogen (secondary N) is 2. The van der Waals surface area contributed by atoms with Crippen LogP contribution >= 0.6 is 0 Å². The number of ether oxygens (including phenoxy) is 1. The van der Waals surface area contributed by atoms with E-state index in [9.17, 15) is 0 Å². The van der Waals surface area contributed by atoms with Crippen LogP contribution in [0.1, 0.15) is 11.1 Å². The maximum absolute atomic E-state index is 9.17. The van der Waals surface area contributed by atoms with Gasteiger partial charge in [-0.1, -0.05) is 12.1 Å². The predicted octanol–water partition coefficient (Wildman–Crippen LogP) is 2.58. The van der Waals surface area contributed by atoms with Crippen molar-refractivity contribution in [1.29, 1.82) is 5.41 Å². The van der Waals surface area contributed by atoms with Crippen LogP contribution in [0.2, 0.25) is 0 Å². The molecule has 0 bridgehead atoms. The number of benzene rings is 1. The summed E-state index contributed by atoms with van der Waals surface area (Å²) in [6, 6.07) is 11.0. The van der Waals surface area contributed by atoms with Gasteiger partial charge in [-0.25, -0.2) is 4.98 Å². The highest BCUT2D eigenvalue weighted by Crippen LogP contribution is 2.14. The van der Waals surface area contributed by atoms with E-state index in [1.807, 2.05) is 24.3 Å². The number of nitrogens with zero attached hydrogens (tertiary/aromatic N) is 1. The van der Waals surface area contributed by atoms with E-state index in [2.05, 4.69) is 10.3 Å². The van der Waals surface area contributed by atoms with Crippen molar-refractivity contribution in [3.63, 3.8) is 0 Å². The Balaban J connectivity index is 2.00. The van der Waals surface area contributed by atoms with Gasteiger partial charge in [0.05, 0.1) is 7.11 Å². The van der Waals surface area contributed by atoms with Crippen LogP contribution in [-0.2, 0) is 6.54 Å². The summed E-state index contributed by atoms with van der Waals surface area (Å²) < 4.78 is 5.11. The smallest absolute Gasteiger partial charge is 0.210 e. The number of allylic oxidation sites excluding steroid dienone is 1. The molecule has 1 heterocycles. The highest BCUT2D eigenvalue weighted by molar-refractivity contribution is 6.07. The molecule has 3 N–H and O–H groups in total. The van der Waals surface area contributed by atoms with Gasteiger partial charge in [0.1, 0.15) is 5.75 Å². The molecule has 21 heavy (non-hydrogen) atoms. The van der Waals surface area contributed by atoms with Gasteiger partial charge in [-0.3, -0.25) is 0 Å². The lowest BCUT2D eigenvalue weighted by Crippen LogP contribution is -2.06. The van der Waals surface area contributed by atoms with E-state index in [1.165, 1.54) is 18.5 Å². The zero-order chi connectivity index (χ0) is 15.1. The summed E-state index contributed by atoms with van der Waals surface area (Å²) in [5.74, 6) is 0.791. The van der Waals surface area contributed by atoms with E-state index in [1.54, 1.807) is 19.4 Å². The lowest BCUT2D eigenvalue weighted by Gasteiger charge is -2.06. The van der Waals surface area contributed by atoms with Crippen LogP contribution in [0.3, 0.4) is 0 Å². The Labute approximate surface area is 123 Å². The summed E-state index contributed by atoms with van der Waals surface area (Å²) in [5, 5.41) is 19.8. The maximum atomic E-state index is 9.17. The second-order valence-electron chi connectivity index (χ2n) is 4.38. The normalized spacial score (nSPS) is 11.0. The molecule has 0 unspecified atom stereocenters. The number of aromatic nitrogens is 1. The van der Waals surface area contributed by atoms with E-state index in [4.69, 9.17) is 15.3 Å². The van der Waals surface area contributed by atoms with Gasteiger partial charge in [-0.05, 0) is 23.8 Å². The highest BCUT2D eigenvalue weighted by atomic mass is 16.5. The molecule has 5 heteroatoms. The van der Waals surface area contributed by atoms with Gasteiger partial charge < -0.3 is 20.6 Å². The highest BCUT2D eigenvalue weighted by Gasteiger charge is 1.99. The largest absolute Gasteiger partial charge is 0.497 e. The van der Waals surface area contributed by atoms with Gasteiger partial charge in [0.25, 0.3) is 0 Å². The molecule has 0 saturated heterocycles. The minimum atomic E-state index is -0.0331. The van der Waals surface area contributed by atoms with Crippen LogP contribution in [0.5, 0.6) is 11.6 Å². The quantitative estimate of drug-likeness (QED) is 0.712. The first-order valence-corrected chi connectivity index (χ1v) is 6.45. The molecule has 0 aliphatic heterocycles. The SMILES string of the molecule is COc1ccc(CN/C=C(\C=N)c2ccc(O)nc2)cc1. The monoisotopic (exact) mass is 283 g/mol. The average molecular weight is 283 g/mol. The molecule has 0 amide bonds. The molecule has 0 atom stereocenters. The van der Waals surface area contributed by atoms with Gasteiger partial charge in [0.15, 0.2) is 0 Å². The molecule has 1 aromatic heterocycles. The number of pyridine rings is 1. The Hall–Kier alpha value is -2.82. The van der Waals surface area contributed by atoms with Crippen LogP contribution < -0.4 is 10.1 Å². The van der Waals surface area contributed by atoms with E-state index < -0.39 is 0 Å². The molecule has 0 saturated carbocycles. The molecule has 0 aliphatic carbocycles. The van der Waals surface area contributed by atoms with Gasteiger partial charge in [0, 0.05) is 42.4 Å². The fourth-order valence-corrected chi connectivity index (χ4v) is 1.79. The minimum Gasteiger partial charge on any atom is -0.497 e. The molecule has 1 aromatic carbocycles. The fraction of sp³-hybridized carbons (Fsp3) is 0.125. The van der Waals surface area contributed by atoms with Crippen LogP contribution in [0.15, 0.2) is 48.8 Å². The Morgan fingerprint density at radius 3 is 2.62 bits per heavy atom. The molecule has 2 rings (SSSR count). The van der Waals surface area contributed by atoms with Crippen molar-refractivity contribution in [3.05, 3.63) is 59.9 Å².